The van der Waals surface area contributed by atoms with Gasteiger partial charge in [0, 0.05) is 24.8 Å². The van der Waals surface area contributed by atoms with Crippen molar-refractivity contribution in [3.05, 3.63) is 35.6 Å². The minimum Gasteiger partial charge on any atom is -0.387 e. The van der Waals surface area contributed by atoms with Crippen molar-refractivity contribution < 1.29 is 14.2 Å². The Hall–Kier alpha value is -0.680. The molecule has 1 aromatic rings. The summed E-state index contributed by atoms with van der Waals surface area (Å²) < 4.78 is 19.3. The molecule has 1 aliphatic heterocycles. The first-order chi connectivity index (χ1) is 11.2. The summed E-state index contributed by atoms with van der Waals surface area (Å²) in [6.45, 7) is 0. The highest BCUT2D eigenvalue weighted by Gasteiger charge is 2.33. The summed E-state index contributed by atoms with van der Waals surface area (Å²) in [5, 5.41) is 14.0. The fourth-order valence-electron chi connectivity index (χ4n) is 4.22. The Kier molecular flexibility index (Phi) is 7.48. The fourth-order valence-corrected chi connectivity index (χ4v) is 4.22. The van der Waals surface area contributed by atoms with Crippen molar-refractivity contribution >= 4 is 12.4 Å². The maximum atomic E-state index is 13.8. The fraction of sp³-hybridized carbons (Fsp3) is 0.684. The number of methoxy groups -OCH3 is 1. The Morgan fingerprint density at radius 1 is 1.17 bits per heavy atom. The molecule has 1 heterocycles. The average molecular weight is 358 g/mol. The Morgan fingerprint density at radius 2 is 1.88 bits per heavy atom. The van der Waals surface area contributed by atoms with E-state index in [1.807, 2.05) is 0 Å². The molecule has 1 aromatic carbocycles. The van der Waals surface area contributed by atoms with Crippen molar-refractivity contribution in [3.63, 3.8) is 0 Å². The van der Waals surface area contributed by atoms with Gasteiger partial charge < -0.3 is 15.2 Å². The van der Waals surface area contributed by atoms with Crippen LogP contribution in [0.25, 0.3) is 0 Å². The Bertz CT molecular complexity index is 508. The van der Waals surface area contributed by atoms with Gasteiger partial charge >= 0.3 is 0 Å². The number of rotatable bonds is 5. The van der Waals surface area contributed by atoms with Crippen LogP contribution in [0, 0.1) is 11.7 Å². The third kappa shape index (κ3) is 4.69. The van der Waals surface area contributed by atoms with E-state index < -0.39 is 6.10 Å². The largest absolute Gasteiger partial charge is 0.387 e. The number of ether oxygens (including phenoxy) is 1. The zero-order chi connectivity index (χ0) is 16.2. The molecule has 2 aliphatic rings. The molecule has 1 saturated carbocycles. The third-order valence-corrected chi connectivity index (χ3v) is 5.63. The normalized spacial score (nSPS) is 31.5. The topological polar surface area (TPSA) is 41.5 Å². The smallest absolute Gasteiger partial charge is 0.129 e. The highest BCUT2D eigenvalue weighted by molar-refractivity contribution is 5.85. The van der Waals surface area contributed by atoms with Crippen molar-refractivity contribution in [2.45, 2.75) is 69.2 Å². The molecule has 0 spiro atoms. The van der Waals surface area contributed by atoms with Crippen LogP contribution in [-0.4, -0.2) is 30.4 Å². The lowest BCUT2D eigenvalue weighted by atomic mass is 9.83. The molecule has 2 N–H and O–H groups in total. The second-order valence-corrected chi connectivity index (χ2v) is 7.13. The van der Waals surface area contributed by atoms with E-state index in [0.29, 0.717) is 17.7 Å². The van der Waals surface area contributed by atoms with Crippen molar-refractivity contribution in [1.29, 1.82) is 0 Å². The Balaban J connectivity index is 0.00000208. The van der Waals surface area contributed by atoms with Gasteiger partial charge in [-0.05, 0) is 56.9 Å². The molecule has 136 valence electrons. The molecule has 0 aromatic heterocycles. The van der Waals surface area contributed by atoms with Crippen LogP contribution < -0.4 is 5.32 Å². The zero-order valence-electron chi connectivity index (χ0n) is 14.3. The predicted octanol–water partition coefficient (Wildman–Crippen LogP) is 4.00. The van der Waals surface area contributed by atoms with E-state index in [9.17, 15) is 9.50 Å². The molecule has 1 aliphatic carbocycles. The number of benzene rings is 1. The monoisotopic (exact) mass is 357 g/mol. The van der Waals surface area contributed by atoms with Crippen molar-refractivity contribution in [2.75, 3.05) is 7.11 Å². The van der Waals surface area contributed by atoms with Crippen LogP contribution >= 0.6 is 12.4 Å². The Labute approximate surface area is 150 Å². The minimum absolute atomic E-state index is 0. The first-order valence-electron chi connectivity index (χ1n) is 8.88. The van der Waals surface area contributed by atoms with Crippen LogP contribution in [0.15, 0.2) is 24.3 Å². The van der Waals surface area contributed by atoms with E-state index in [0.717, 1.165) is 38.0 Å². The average Bonchev–Trinajstić information content (AvgIpc) is 3.04. The van der Waals surface area contributed by atoms with Gasteiger partial charge in [-0.15, -0.1) is 12.4 Å². The van der Waals surface area contributed by atoms with Crippen molar-refractivity contribution in [2.24, 2.45) is 5.92 Å². The highest BCUT2D eigenvalue weighted by atomic mass is 35.5. The van der Waals surface area contributed by atoms with Crippen LogP contribution in [0.5, 0.6) is 0 Å². The van der Waals surface area contributed by atoms with Crippen LogP contribution in [0.4, 0.5) is 4.39 Å². The zero-order valence-corrected chi connectivity index (χ0v) is 15.1. The van der Waals surface area contributed by atoms with E-state index in [-0.39, 0.29) is 24.3 Å². The lowest BCUT2D eigenvalue weighted by Gasteiger charge is -2.29. The summed E-state index contributed by atoms with van der Waals surface area (Å²) in [5.74, 6) is 0.436. The van der Waals surface area contributed by atoms with Gasteiger partial charge in [0.25, 0.3) is 0 Å². The standard InChI is InChI=1S/C19H28FNO2.ClH/c1-23-15-9-6-13(7-10-15)12-14-8-11-18(21-14)19(22)16-4-2-3-5-17(16)20;/h2-5,13-15,18-19,21-22H,6-12H2,1H3;1H/t13?,14-,15?,18-,19-;/m1./s1. The molecular formula is C19H29ClFNO2. The van der Waals surface area contributed by atoms with Gasteiger partial charge in [0.05, 0.1) is 12.2 Å². The summed E-state index contributed by atoms with van der Waals surface area (Å²) in [5.41, 5.74) is 0.409. The number of halogens is 2. The second kappa shape index (κ2) is 9.14. The molecule has 2 fully saturated rings. The maximum Gasteiger partial charge on any atom is 0.129 e. The number of hydrogen-bond donors (Lipinski definition) is 2. The van der Waals surface area contributed by atoms with E-state index in [2.05, 4.69) is 5.32 Å². The molecule has 0 radical (unpaired) electrons. The summed E-state index contributed by atoms with van der Waals surface area (Å²) in [7, 11) is 1.80. The molecule has 3 atom stereocenters. The molecular weight excluding hydrogens is 329 g/mol. The predicted molar refractivity (Wildman–Crippen MR) is 95.9 cm³/mol. The SMILES string of the molecule is COC1CCC(C[C@H]2CC[C@H]([C@H](O)c3ccccc3F)N2)CC1.Cl. The first-order valence-corrected chi connectivity index (χ1v) is 8.88. The first kappa shape index (κ1) is 19.6. The summed E-state index contributed by atoms with van der Waals surface area (Å²) in [6.07, 6.45) is 7.62. The number of hydrogen-bond acceptors (Lipinski definition) is 3. The van der Waals surface area contributed by atoms with E-state index in [1.54, 1.807) is 25.3 Å². The van der Waals surface area contributed by atoms with E-state index in [4.69, 9.17) is 4.74 Å². The summed E-state index contributed by atoms with van der Waals surface area (Å²) in [4.78, 5) is 0. The van der Waals surface area contributed by atoms with E-state index in [1.165, 1.54) is 18.9 Å². The molecule has 3 nitrogen and oxygen atoms in total. The molecule has 5 heteroatoms. The van der Waals surface area contributed by atoms with E-state index >= 15 is 0 Å². The quantitative estimate of drug-likeness (QED) is 0.837. The molecule has 3 rings (SSSR count). The lowest BCUT2D eigenvalue weighted by Crippen LogP contribution is -2.36. The molecule has 0 amide bonds. The van der Waals surface area contributed by atoms with Crippen molar-refractivity contribution in [3.8, 4) is 0 Å². The third-order valence-electron chi connectivity index (χ3n) is 5.63. The van der Waals surface area contributed by atoms with Crippen LogP contribution in [-0.2, 0) is 4.74 Å². The highest BCUT2D eigenvalue weighted by Crippen LogP contribution is 2.33. The Morgan fingerprint density at radius 3 is 2.54 bits per heavy atom. The second-order valence-electron chi connectivity index (χ2n) is 7.13. The van der Waals surface area contributed by atoms with Gasteiger partial charge in [-0.2, -0.15) is 0 Å². The number of nitrogens with one attached hydrogen (secondary N) is 1. The van der Waals surface area contributed by atoms with Gasteiger partial charge in [0.15, 0.2) is 0 Å². The number of aliphatic hydroxyl groups is 1. The lowest BCUT2D eigenvalue weighted by molar-refractivity contribution is 0.0538. The van der Waals surface area contributed by atoms with Crippen molar-refractivity contribution in [1.82, 2.24) is 5.32 Å². The maximum absolute atomic E-state index is 13.8. The molecule has 24 heavy (non-hydrogen) atoms. The van der Waals surface area contributed by atoms with Gasteiger partial charge in [-0.25, -0.2) is 4.39 Å². The molecule has 0 unspecified atom stereocenters. The molecule has 0 bridgehead atoms. The van der Waals surface area contributed by atoms with Crippen LogP contribution in [0.2, 0.25) is 0 Å². The summed E-state index contributed by atoms with van der Waals surface area (Å²) in [6, 6.07) is 6.95. The molecule has 1 saturated heterocycles. The van der Waals surface area contributed by atoms with Crippen LogP contribution in [0.3, 0.4) is 0 Å². The van der Waals surface area contributed by atoms with Gasteiger partial charge in [0.2, 0.25) is 0 Å². The van der Waals surface area contributed by atoms with Gasteiger partial charge in [0.1, 0.15) is 5.82 Å². The van der Waals surface area contributed by atoms with Crippen LogP contribution in [0.1, 0.15) is 56.6 Å². The van der Waals surface area contributed by atoms with Gasteiger partial charge in [-0.3, -0.25) is 0 Å². The summed E-state index contributed by atoms with van der Waals surface area (Å²) >= 11 is 0. The van der Waals surface area contributed by atoms with Gasteiger partial charge in [-0.1, -0.05) is 18.2 Å². The number of aliphatic hydroxyl groups excluding tert-OH is 1. The minimum atomic E-state index is -0.759.